The second kappa shape index (κ2) is 6.65. The van der Waals surface area contributed by atoms with Gasteiger partial charge in [0.15, 0.2) is 11.5 Å². The molecule has 4 N–H and O–H groups in total. The number of nitrogens with one attached hydrogen (secondary N) is 2. The molecule has 6 nitrogen and oxygen atoms in total. The summed E-state index contributed by atoms with van der Waals surface area (Å²) in [6.45, 7) is 0.668. The lowest BCUT2D eigenvalue weighted by Gasteiger charge is -2.17. The number of amides is 1. The summed E-state index contributed by atoms with van der Waals surface area (Å²) in [5, 5.41) is 6.35. The van der Waals surface area contributed by atoms with Crippen LogP contribution in [-0.4, -0.2) is 19.2 Å². The predicted octanol–water partition coefficient (Wildman–Crippen LogP) is 3.11. The zero-order chi connectivity index (χ0) is 18.1. The Balaban J connectivity index is 1.69. The van der Waals surface area contributed by atoms with Crippen LogP contribution < -0.4 is 25.8 Å². The first-order valence-corrected chi connectivity index (χ1v) is 8.40. The molecule has 132 valence electrons. The number of dihydropyridines is 1. The Labute approximate surface area is 155 Å². The highest BCUT2D eigenvalue weighted by Crippen LogP contribution is 2.45. The second-order valence-electron chi connectivity index (χ2n) is 5.81. The molecule has 7 heteroatoms. The summed E-state index contributed by atoms with van der Waals surface area (Å²) < 4.78 is 11.2. The fourth-order valence-corrected chi connectivity index (χ4v) is 3.15. The Bertz CT molecular complexity index is 953. The number of benzene rings is 2. The molecule has 0 bridgehead atoms. The molecule has 0 saturated carbocycles. The van der Waals surface area contributed by atoms with Crippen LogP contribution in [0.15, 0.2) is 54.4 Å². The molecule has 0 saturated heterocycles. The quantitative estimate of drug-likeness (QED) is 0.774. The van der Waals surface area contributed by atoms with Gasteiger partial charge in [-0.1, -0.05) is 23.7 Å². The van der Waals surface area contributed by atoms with Crippen LogP contribution in [0.3, 0.4) is 0 Å². The molecule has 0 unspecified atom stereocenters. The molecule has 2 aliphatic heterocycles. The van der Waals surface area contributed by atoms with Crippen LogP contribution in [-0.2, 0) is 0 Å². The van der Waals surface area contributed by atoms with Gasteiger partial charge in [0.05, 0.1) is 16.3 Å². The molecule has 2 aromatic carbocycles. The fourth-order valence-electron chi connectivity index (χ4n) is 2.93. The van der Waals surface area contributed by atoms with E-state index in [0.717, 1.165) is 11.1 Å². The van der Waals surface area contributed by atoms with E-state index in [1.165, 1.54) is 0 Å². The van der Waals surface area contributed by atoms with Gasteiger partial charge in [0.25, 0.3) is 5.91 Å². The monoisotopic (exact) mass is 369 g/mol. The maximum Gasteiger partial charge on any atom is 0.257 e. The van der Waals surface area contributed by atoms with E-state index in [2.05, 4.69) is 10.6 Å². The van der Waals surface area contributed by atoms with E-state index in [-0.39, 0.29) is 12.7 Å². The number of ether oxygens (including phenoxy) is 2. The first kappa shape index (κ1) is 16.4. The van der Waals surface area contributed by atoms with Crippen molar-refractivity contribution in [2.45, 2.75) is 0 Å². The van der Waals surface area contributed by atoms with Gasteiger partial charge in [0, 0.05) is 23.4 Å². The number of carbonyl (C=O) groups excluding carboxylic acids is 1. The summed E-state index contributed by atoms with van der Waals surface area (Å²) in [7, 11) is 0. The lowest BCUT2D eigenvalue weighted by molar-refractivity contribution is 0.102. The minimum absolute atomic E-state index is 0.0811. The van der Waals surface area contributed by atoms with Crippen LogP contribution in [0, 0.1) is 0 Å². The summed E-state index contributed by atoms with van der Waals surface area (Å²) in [5.74, 6) is 0.733. The van der Waals surface area contributed by atoms with Gasteiger partial charge in [-0.15, -0.1) is 0 Å². The van der Waals surface area contributed by atoms with Crippen molar-refractivity contribution in [2.75, 3.05) is 18.7 Å². The van der Waals surface area contributed by atoms with Crippen molar-refractivity contribution in [3.63, 3.8) is 0 Å². The molecule has 2 aliphatic rings. The lowest BCUT2D eigenvalue weighted by atomic mass is 10.00. The summed E-state index contributed by atoms with van der Waals surface area (Å²) in [6.07, 6.45) is 3.60. The van der Waals surface area contributed by atoms with Crippen molar-refractivity contribution >= 4 is 28.8 Å². The van der Waals surface area contributed by atoms with Gasteiger partial charge in [-0.05, 0) is 36.5 Å². The first-order chi connectivity index (χ1) is 12.6. The highest BCUT2D eigenvalue weighted by atomic mass is 35.5. The zero-order valence-electron chi connectivity index (χ0n) is 13.7. The number of rotatable bonds is 3. The lowest BCUT2D eigenvalue weighted by Crippen LogP contribution is -2.18. The summed E-state index contributed by atoms with van der Waals surface area (Å²) in [4.78, 5) is 12.5. The number of fused-ring (bicyclic) bond motifs is 1. The number of hydrogen-bond donors (Lipinski definition) is 3. The standard InChI is InChI=1S/C19H16ClN3O3/c20-14-4-2-1-3-12(14)19(24)23-16-6-5-11(17-18(16)26-10-25-17)13-9-22-8-7-15(13)21/h1-8,22H,9-10,21H2,(H,23,24). The number of hydrogen-bond acceptors (Lipinski definition) is 5. The smallest absolute Gasteiger partial charge is 0.257 e. The molecule has 0 aliphatic carbocycles. The molecule has 2 aromatic rings. The molecular weight excluding hydrogens is 354 g/mol. The topological polar surface area (TPSA) is 85.6 Å². The van der Waals surface area contributed by atoms with E-state index in [1.54, 1.807) is 42.6 Å². The third-order valence-corrected chi connectivity index (χ3v) is 4.55. The largest absolute Gasteiger partial charge is 0.453 e. The molecule has 0 aromatic heterocycles. The Morgan fingerprint density at radius 3 is 2.77 bits per heavy atom. The van der Waals surface area contributed by atoms with E-state index < -0.39 is 0 Å². The molecule has 0 radical (unpaired) electrons. The van der Waals surface area contributed by atoms with Crippen molar-refractivity contribution in [1.29, 1.82) is 0 Å². The fraction of sp³-hybridized carbons (Fsp3) is 0.105. The normalized spacial score (nSPS) is 15.0. The van der Waals surface area contributed by atoms with Gasteiger partial charge < -0.3 is 25.8 Å². The molecule has 26 heavy (non-hydrogen) atoms. The van der Waals surface area contributed by atoms with Crippen molar-refractivity contribution in [1.82, 2.24) is 5.32 Å². The van der Waals surface area contributed by atoms with E-state index in [4.69, 9.17) is 26.8 Å². The molecule has 1 amide bonds. The molecule has 0 fully saturated rings. The first-order valence-electron chi connectivity index (χ1n) is 8.02. The number of allylic oxidation sites excluding steroid dienone is 1. The molecular formula is C19H16ClN3O3. The van der Waals surface area contributed by atoms with Crippen LogP contribution >= 0.6 is 11.6 Å². The Morgan fingerprint density at radius 2 is 1.96 bits per heavy atom. The van der Waals surface area contributed by atoms with Crippen molar-refractivity contribution in [2.24, 2.45) is 5.73 Å². The summed E-state index contributed by atoms with van der Waals surface area (Å²) in [6, 6.07) is 10.5. The Morgan fingerprint density at radius 1 is 1.15 bits per heavy atom. The summed E-state index contributed by atoms with van der Waals surface area (Å²) in [5.41, 5.74) is 9.41. The molecule has 4 rings (SSSR count). The van der Waals surface area contributed by atoms with Gasteiger partial charge >= 0.3 is 0 Å². The minimum Gasteiger partial charge on any atom is -0.453 e. The molecule has 0 spiro atoms. The van der Waals surface area contributed by atoms with Gasteiger partial charge in [0.2, 0.25) is 6.79 Å². The highest BCUT2D eigenvalue weighted by Gasteiger charge is 2.26. The second-order valence-corrected chi connectivity index (χ2v) is 6.21. The number of halogens is 1. The third-order valence-electron chi connectivity index (χ3n) is 4.22. The van der Waals surface area contributed by atoms with E-state index in [9.17, 15) is 4.79 Å². The van der Waals surface area contributed by atoms with Gasteiger partial charge in [-0.25, -0.2) is 0 Å². The number of carbonyl (C=O) groups is 1. The Kier molecular flexibility index (Phi) is 4.18. The molecule has 0 atom stereocenters. The van der Waals surface area contributed by atoms with Crippen LogP contribution in [0.1, 0.15) is 15.9 Å². The third kappa shape index (κ3) is 2.84. The van der Waals surface area contributed by atoms with Crippen LogP contribution in [0.25, 0.3) is 5.57 Å². The van der Waals surface area contributed by atoms with E-state index in [1.807, 2.05) is 6.07 Å². The van der Waals surface area contributed by atoms with Crippen LogP contribution in [0.2, 0.25) is 5.02 Å². The Hall–Kier alpha value is -3.12. The summed E-state index contributed by atoms with van der Waals surface area (Å²) >= 11 is 6.10. The SMILES string of the molecule is NC1=C(c2ccc(NC(=O)c3ccccc3Cl)c3c2OCO3)CNC=C1. The maximum atomic E-state index is 12.5. The van der Waals surface area contributed by atoms with Crippen molar-refractivity contribution < 1.29 is 14.3 Å². The highest BCUT2D eigenvalue weighted by molar-refractivity contribution is 6.34. The van der Waals surface area contributed by atoms with Gasteiger partial charge in [0.1, 0.15) is 0 Å². The predicted molar refractivity (Wildman–Crippen MR) is 100 cm³/mol. The van der Waals surface area contributed by atoms with Crippen LogP contribution in [0.5, 0.6) is 11.5 Å². The van der Waals surface area contributed by atoms with Crippen molar-refractivity contribution in [3.8, 4) is 11.5 Å². The number of anilines is 1. The van der Waals surface area contributed by atoms with Gasteiger partial charge in [-0.3, -0.25) is 4.79 Å². The molecule has 2 heterocycles. The van der Waals surface area contributed by atoms with Crippen LogP contribution in [0.4, 0.5) is 5.69 Å². The average molecular weight is 370 g/mol. The van der Waals surface area contributed by atoms with Gasteiger partial charge in [-0.2, -0.15) is 0 Å². The minimum atomic E-state index is -0.318. The number of nitrogens with two attached hydrogens (primary N) is 1. The zero-order valence-corrected chi connectivity index (χ0v) is 14.5. The maximum absolute atomic E-state index is 12.5. The average Bonchev–Trinajstić information content (AvgIpc) is 3.13. The van der Waals surface area contributed by atoms with Crippen molar-refractivity contribution in [3.05, 3.63) is 70.5 Å². The van der Waals surface area contributed by atoms with E-state index in [0.29, 0.717) is 40.0 Å². The van der Waals surface area contributed by atoms with E-state index >= 15 is 0 Å².